The van der Waals surface area contributed by atoms with E-state index in [1.165, 1.54) is 0 Å². The molecule has 0 radical (unpaired) electrons. The summed E-state index contributed by atoms with van der Waals surface area (Å²) in [6, 6.07) is 0. The lowest BCUT2D eigenvalue weighted by Gasteiger charge is -2.40. The van der Waals surface area contributed by atoms with E-state index in [1.54, 1.807) is 49.8 Å². The lowest BCUT2D eigenvalue weighted by Crippen LogP contribution is -2.56. The molecule has 0 heterocycles. The van der Waals surface area contributed by atoms with Crippen molar-refractivity contribution in [1.82, 2.24) is 0 Å². The van der Waals surface area contributed by atoms with Crippen molar-refractivity contribution >= 4 is 181 Å². The van der Waals surface area contributed by atoms with Gasteiger partial charge >= 0.3 is 25.9 Å². The number of rotatable bonds is 49. The first-order chi connectivity index (χ1) is 42.8. The van der Waals surface area contributed by atoms with Crippen LogP contribution in [-0.4, -0.2) is 249 Å². The van der Waals surface area contributed by atoms with Crippen molar-refractivity contribution < 1.29 is 81.3 Å². The summed E-state index contributed by atoms with van der Waals surface area (Å²) < 4.78 is 118. The molecule has 0 aliphatic carbocycles. The van der Waals surface area contributed by atoms with Crippen LogP contribution in [0.4, 0.5) is 0 Å². The minimum Gasteiger partial charge on any atom is -0.456 e. The zero-order valence-corrected chi connectivity index (χ0v) is 94.2. The summed E-state index contributed by atoms with van der Waals surface area (Å²) in [5.74, 6) is 0. The van der Waals surface area contributed by atoms with Gasteiger partial charge in [-0.3, -0.25) is 0 Å². The fraction of sp³-hybridized carbons (Fsp3) is 1.00. The molecule has 0 aromatic rings. The lowest BCUT2D eigenvalue weighted by atomic mass is 10.5. The molecule has 0 rings (SSSR count). The maximum absolute atomic E-state index is 6.89. The molecule has 0 aliphatic heterocycles. The van der Waals surface area contributed by atoms with Crippen LogP contribution in [0.5, 0.6) is 0 Å². The Morgan fingerprint density at radius 1 is 0.177 bits per heavy atom. The van der Waals surface area contributed by atoms with Crippen molar-refractivity contribution in [3.05, 3.63) is 0 Å². The van der Waals surface area contributed by atoms with E-state index in [0.717, 1.165) is 51.0 Å². The van der Waals surface area contributed by atoms with Crippen LogP contribution in [0.15, 0.2) is 0 Å². The smallest absolute Gasteiger partial charge is 0.456 e. The molecule has 0 aliphatic rings. The predicted molar refractivity (Wildman–Crippen MR) is 575 cm³/mol. The minimum atomic E-state index is -2.66. The Balaban J connectivity index is -0.0000000644. The van der Waals surface area contributed by atoms with Gasteiger partial charge in [-0.2, -0.15) is 0 Å². The molecule has 0 aromatic heterocycles. The Labute approximate surface area is 744 Å². The van der Waals surface area contributed by atoms with Gasteiger partial charge in [0.1, 0.15) is 0 Å². The van der Waals surface area contributed by atoms with Gasteiger partial charge in [-0.05, 0) is 285 Å². The molecule has 0 saturated carbocycles. The molecule has 0 unspecified atom stereocenters. The van der Waals surface area contributed by atoms with Crippen LogP contribution in [0.2, 0.25) is 261 Å². The van der Waals surface area contributed by atoms with Crippen molar-refractivity contribution in [3.8, 4) is 0 Å². The third-order valence-corrected chi connectivity index (χ3v) is 117. The molecule has 0 spiro atoms. The molecule has 0 amide bonds. The highest BCUT2D eigenvalue weighted by Gasteiger charge is 2.51. The summed E-state index contributed by atoms with van der Waals surface area (Å²) in [7, 11) is -25.5. The van der Waals surface area contributed by atoms with Crippen LogP contribution in [0.1, 0.15) is 160 Å². The quantitative estimate of drug-likeness (QED) is 0.0525. The first-order valence-corrected chi connectivity index (χ1v) is 92.8. The topological polar surface area (TPSA) is 175 Å². The highest BCUT2D eigenvalue weighted by atomic mass is 28.5. The van der Waals surface area contributed by atoms with Gasteiger partial charge in [0, 0.05) is 85.1 Å². The van der Waals surface area contributed by atoms with E-state index in [2.05, 4.69) is 251 Å². The Morgan fingerprint density at radius 2 is 0.310 bits per heavy atom. The molecule has 113 heavy (non-hydrogen) atoms. The van der Waals surface area contributed by atoms with E-state index in [4.69, 9.17) is 81.3 Å². The monoisotopic (exact) mass is 2000 g/mol. The van der Waals surface area contributed by atoms with Gasteiger partial charge in [0.25, 0.3) is 30.0 Å². The molecule has 716 valence electrons. The third kappa shape index (κ3) is 81.3. The maximum atomic E-state index is 6.89. The minimum absolute atomic E-state index is 0. The maximum Gasteiger partial charge on any atom is 0.499 e. The molecule has 0 fully saturated rings. The molecule has 0 aromatic carbocycles. The summed E-state index contributed by atoms with van der Waals surface area (Å²) in [6.07, 6.45) is 0.852. The zero-order valence-electron chi connectivity index (χ0n) is 72.0. The fourth-order valence-corrected chi connectivity index (χ4v) is 132. The van der Waals surface area contributed by atoms with E-state index >= 15 is 0 Å². The van der Waals surface area contributed by atoms with Crippen LogP contribution in [-0.2, 0) is 81.3 Å². The van der Waals surface area contributed by atoms with E-state index in [-0.39, 0.29) is 137 Å². The van der Waals surface area contributed by atoms with Gasteiger partial charge in [0.2, 0.25) is 0 Å². The molecule has 0 atom stereocenters. The highest BCUT2D eigenvalue weighted by molar-refractivity contribution is 7.01. The SMILES string of the molecule is C.C.C.C.C.C.C.C.C.C.C.C.C.C.C.C.CO[Si](C)(C[Si](C)(C)O[Si](C)(C)C[Si](C)(C)O[SiH2]O[Si](C)(C)C[Si](C)(C)OC(C)C)OC.CO[Si](C)(C[Si](C)(C)O[Si](C)(C)C[Si](C)(C)O[SiH2]O[Si](C)(C)C[Si](C)(C)OC(C)C)OC.CO[Si](C[Si](C)(C)O[Si](C)(C)C[Si](C)(C)O[SiH2]O[Si](C)(C)C[Si](C)(C)OC(C)C)(OC)OC. The molecule has 0 saturated heterocycles. The summed E-state index contributed by atoms with van der Waals surface area (Å²) in [4.78, 5) is 0. The molecular weight excluding hydrogens is 1770 g/mol. The molecule has 0 N–H and O–H groups in total. The summed E-state index contributed by atoms with van der Waals surface area (Å²) >= 11 is 0. The van der Waals surface area contributed by atoms with Gasteiger partial charge in [-0.15, -0.1) is 0 Å². The van der Waals surface area contributed by atoms with Crippen molar-refractivity contribution in [3.63, 3.8) is 0 Å². The number of hydrogen-bond donors (Lipinski definition) is 0. The second-order valence-corrected chi connectivity index (χ2v) is 122. The largest absolute Gasteiger partial charge is 0.499 e. The Morgan fingerprint density at radius 3 is 0.442 bits per heavy atom. The van der Waals surface area contributed by atoms with Crippen molar-refractivity contribution in [2.24, 2.45) is 0 Å². The van der Waals surface area contributed by atoms with Crippen molar-refractivity contribution in [2.45, 2.75) is 439 Å². The molecule has 0 bridgehead atoms. The van der Waals surface area contributed by atoms with Gasteiger partial charge in [0.15, 0.2) is 125 Å². The Kier molecular flexibility index (Phi) is 96.0. The van der Waals surface area contributed by atoms with E-state index in [9.17, 15) is 0 Å². The average Bonchev–Trinajstić information content (AvgIpc) is 0.826. The molecule has 40 heteroatoms. The number of hydrogen-bond acceptors (Lipinski definition) is 19. The average molecular weight is 2000 g/mol. The lowest BCUT2D eigenvalue weighted by molar-refractivity contribution is 0.127. The summed E-state index contributed by atoms with van der Waals surface area (Å²) in [5, 5.41) is 0. The van der Waals surface area contributed by atoms with E-state index in [1.807, 2.05) is 0 Å². The van der Waals surface area contributed by atoms with E-state index < -0.39 is 181 Å². The zero-order chi connectivity index (χ0) is 77.7. The van der Waals surface area contributed by atoms with Crippen molar-refractivity contribution in [1.29, 1.82) is 0 Å². The van der Waals surface area contributed by atoms with E-state index in [0.29, 0.717) is 0 Å². The fourth-order valence-electron chi connectivity index (χ4n) is 15.0. The third-order valence-electron chi connectivity index (χ3n) is 15.9. The first-order valence-electron chi connectivity index (χ1n) is 35.6. The van der Waals surface area contributed by atoms with Gasteiger partial charge in [-0.1, -0.05) is 119 Å². The van der Waals surface area contributed by atoms with Gasteiger partial charge in [-0.25, -0.2) is 0 Å². The summed E-state index contributed by atoms with van der Waals surface area (Å²) in [5.41, 5.74) is 9.19. The Bertz CT molecular complexity index is 2090. The highest BCUT2D eigenvalue weighted by Crippen LogP contribution is 2.35. The predicted octanol–water partition coefficient (Wildman–Crippen LogP) is 26.1. The van der Waals surface area contributed by atoms with Crippen LogP contribution < -0.4 is 0 Å². The van der Waals surface area contributed by atoms with Crippen LogP contribution in [0.25, 0.3) is 0 Å². The standard InChI is InChI=1S/C19H54O7Si7.2C19H54O6Si7.16CH4/c1-19(2)23-28(6,7)16-29(8,9)24-27-25-30(10,11)17-31(12,13)26-32(14,15)18-33(20-3,21-4)22-5;2*1-19(2)22-27(5,6)16-28(7,8)23-26-24-29(9,10)17-30(11,12)25-31(13,14)18-32(15,20-3)21-4;;;;;;;;;;;;;;;;/h19H,16-18,27H2,1-15H3;2*19H,16-18,26H2,1-15H3;16*1H4. The van der Waals surface area contributed by atoms with Gasteiger partial charge in [0.05, 0.1) is 0 Å². The Hall–Kier alpha value is 3.79. The first kappa shape index (κ1) is 164. The van der Waals surface area contributed by atoms with Crippen LogP contribution in [0.3, 0.4) is 0 Å². The van der Waals surface area contributed by atoms with Crippen LogP contribution >= 0.6 is 0 Å². The second kappa shape index (κ2) is 66.2. The van der Waals surface area contributed by atoms with Crippen LogP contribution in [0, 0.1) is 0 Å². The second-order valence-electron chi connectivity index (χ2n) is 37.4. The molecule has 19 nitrogen and oxygen atoms in total. The summed E-state index contributed by atoms with van der Waals surface area (Å²) in [6.45, 7) is 86.4. The normalized spacial score (nSPS) is 13.2. The van der Waals surface area contributed by atoms with Crippen molar-refractivity contribution in [2.75, 3.05) is 49.8 Å². The molecular formula is C73H226O19Si21. The van der Waals surface area contributed by atoms with Gasteiger partial charge < -0.3 is 81.3 Å².